The Balaban J connectivity index is 1.71. The summed E-state index contributed by atoms with van der Waals surface area (Å²) in [4.78, 5) is 59.9. The maximum absolute atomic E-state index is 14.6. The van der Waals surface area contributed by atoms with E-state index in [1.807, 2.05) is 46.7 Å². The van der Waals surface area contributed by atoms with E-state index in [1.54, 1.807) is 44.4 Å². The number of nitrogens with zero attached hydrogens (tertiary/aromatic N) is 4. The van der Waals surface area contributed by atoms with Crippen molar-refractivity contribution in [2.75, 3.05) is 33.5 Å². The van der Waals surface area contributed by atoms with Crippen LogP contribution >= 0.6 is 23.1 Å². The van der Waals surface area contributed by atoms with Crippen LogP contribution in [0.2, 0.25) is 0 Å². The molecule has 1 N–H and O–H groups in total. The van der Waals surface area contributed by atoms with E-state index < -0.39 is 83.4 Å². The third-order valence-electron chi connectivity index (χ3n) is 11.4. The summed E-state index contributed by atoms with van der Waals surface area (Å²) in [6.07, 6.45) is -3.42. The van der Waals surface area contributed by atoms with Crippen molar-refractivity contribution in [3.63, 3.8) is 0 Å². The first kappa shape index (κ1) is 43.5. The molecule has 0 bridgehead atoms. The Labute approximate surface area is 322 Å². The molecule has 0 saturated carbocycles. The number of methoxy groups -OCH3 is 1. The lowest BCUT2D eigenvalue weighted by molar-refractivity contribution is -0.295. The van der Waals surface area contributed by atoms with Crippen LogP contribution < -0.4 is 0 Å². The van der Waals surface area contributed by atoms with E-state index in [0.717, 1.165) is 9.35 Å². The van der Waals surface area contributed by atoms with Gasteiger partial charge in [0.1, 0.15) is 28.9 Å². The molecule has 53 heavy (non-hydrogen) atoms. The molecule has 4 rings (SSSR count). The zero-order chi connectivity index (χ0) is 39.6. The maximum atomic E-state index is 14.6. The molecular formula is C37H60N4O10S2. The van der Waals surface area contributed by atoms with Crippen molar-refractivity contribution in [3.05, 3.63) is 5.01 Å². The van der Waals surface area contributed by atoms with Crippen LogP contribution in [-0.4, -0.2) is 136 Å². The van der Waals surface area contributed by atoms with Gasteiger partial charge in [0.2, 0.25) is 0 Å². The zero-order valence-electron chi connectivity index (χ0n) is 33.3. The molecule has 1 aromatic rings. The fraction of sp³-hybridized carbons (Fsp3) is 0.838. The number of aliphatic hydroxyl groups is 1. The van der Waals surface area contributed by atoms with Crippen LogP contribution in [-0.2, 0) is 38.1 Å². The fourth-order valence-electron chi connectivity index (χ4n) is 8.44. The molecular weight excluding hydrogens is 725 g/mol. The molecule has 0 aromatic carbocycles. The maximum Gasteiger partial charge on any atom is 0.410 e. The van der Waals surface area contributed by atoms with Crippen LogP contribution in [0.5, 0.6) is 0 Å². The Bertz CT molecular complexity index is 1460. The van der Waals surface area contributed by atoms with Gasteiger partial charge in [-0.05, 0) is 74.4 Å². The Morgan fingerprint density at radius 1 is 1.06 bits per heavy atom. The van der Waals surface area contributed by atoms with Gasteiger partial charge in [0, 0.05) is 43.2 Å². The van der Waals surface area contributed by atoms with Crippen LogP contribution in [0.3, 0.4) is 0 Å². The zero-order valence-corrected chi connectivity index (χ0v) is 35.0. The standard InChI is InChI=1S/C37H60N4O10S2/c1-13-26-37(9)30(41(35(46)51-37)15-14-16-52-34-39-38-24(7)53-34)21(4)27(42)19(2)18-36(8,47-12)31(22(5)28(43)23(6)32(45)49-26)50-33-29(44)25(40(10)11)17-20(3)48-33/h19-23,25-26,29-31,33,44H,13-18H2,1-12H3/t19-,20-,21+,22+,23-,25+,26-,29-,30-,31-,33+,36-,37-/m1/s1. The van der Waals surface area contributed by atoms with Gasteiger partial charge < -0.3 is 38.6 Å². The lowest BCUT2D eigenvalue weighted by Gasteiger charge is -2.47. The summed E-state index contributed by atoms with van der Waals surface area (Å²) in [5.41, 5.74) is -2.64. The number of aryl methyl sites for hydroxylation is 1. The highest BCUT2D eigenvalue weighted by Crippen LogP contribution is 2.43. The number of fused-ring (bicyclic) bond motifs is 1. The first-order valence-corrected chi connectivity index (χ1v) is 20.5. The number of rotatable bonds is 10. The summed E-state index contributed by atoms with van der Waals surface area (Å²) in [5.74, 6) is -4.25. The molecule has 300 valence electrons. The highest BCUT2D eigenvalue weighted by molar-refractivity contribution is 8.01. The lowest BCUT2D eigenvalue weighted by atomic mass is 9.73. The molecule has 3 aliphatic heterocycles. The van der Waals surface area contributed by atoms with Gasteiger partial charge in [-0.25, -0.2) is 4.79 Å². The Hall–Kier alpha value is -2.21. The average Bonchev–Trinajstić information content (AvgIpc) is 3.64. The third kappa shape index (κ3) is 9.26. The van der Waals surface area contributed by atoms with E-state index in [4.69, 9.17) is 23.7 Å². The smallest absolute Gasteiger partial charge is 0.410 e. The Morgan fingerprint density at radius 2 is 1.74 bits per heavy atom. The summed E-state index contributed by atoms with van der Waals surface area (Å²) in [7, 11) is 5.24. The van der Waals surface area contributed by atoms with E-state index >= 15 is 0 Å². The number of cyclic esters (lactones) is 1. The second-order valence-corrected chi connectivity index (χ2v) is 18.2. The van der Waals surface area contributed by atoms with Crippen LogP contribution in [0, 0.1) is 30.6 Å². The first-order chi connectivity index (χ1) is 24.8. The number of aromatic nitrogens is 2. The number of amides is 1. The molecule has 14 nitrogen and oxygen atoms in total. The first-order valence-electron chi connectivity index (χ1n) is 18.7. The van der Waals surface area contributed by atoms with E-state index in [1.165, 1.54) is 25.4 Å². The molecule has 0 radical (unpaired) electrons. The van der Waals surface area contributed by atoms with E-state index in [2.05, 4.69) is 10.2 Å². The molecule has 3 saturated heterocycles. The van der Waals surface area contributed by atoms with E-state index in [0.29, 0.717) is 25.1 Å². The second-order valence-electron chi connectivity index (χ2n) is 15.7. The summed E-state index contributed by atoms with van der Waals surface area (Å²) >= 11 is 3.05. The van der Waals surface area contributed by atoms with Gasteiger partial charge in [-0.1, -0.05) is 50.8 Å². The molecule has 0 spiro atoms. The topological polar surface area (TPSA) is 167 Å². The number of thioether (sulfide) groups is 1. The van der Waals surface area contributed by atoms with Crippen LogP contribution in [0.15, 0.2) is 4.34 Å². The van der Waals surface area contributed by atoms with Crippen molar-refractivity contribution in [2.45, 2.75) is 146 Å². The van der Waals surface area contributed by atoms with Gasteiger partial charge in [0.05, 0.1) is 23.9 Å². The number of likely N-dealkylation sites (N-methyl/N-ethyl adjacent to an activating group) is 1. The number of carbonyl (C=O) groups excluding carboxylic acids is 4. The summed E-state index contributed by atoms with van der Waals surface area (Å²) in [6.45, 7) is 16.1. The predicted molar refractivity (Wildman–Crippen MR) is 200 cm³/mol. The van der Waals surface area contributed by atoms with Crippen molar-refractivity contribution >= 4 is 46.7 Å². The number of esters is 1. The molecule has 16 heteroatoms. The quantitative estimate of drug-likeness (QED) is 0.152. The molecule has 1 aromatic heterocycles. The third-order valence-corrected chi connectivity index (χ3v) is 13.5. The molecule has 3 fully saturated rings. The largest absolute Gasteiger partial charge is 0.458 e. The van der Waals surface area contributed by atoms with Crippen molar-refractivity contribution in [1.82, 2.24) is 20.0 Å². The van der Waals surface area contributed by atoms with Crippen molar-refractivity contribution < 1.29 is 48.0 Å². The molecule has 13 atom stereocenters. The number of hydrogen-bond donors (Lipinski definition) is 1. The molecule has 0 aliphatic carbocycles. The Kier molecular flexibility index (Phi) is 14.5. The minimum atomic E-state index is -1.39. The molecule has 4 heterocycles. The minimum Gasteiger partial charge on any atom is -0.458 e. The van der Waals surface area contributed by atoms with Gasteiger partial charge in [0.25, 0.3) is 0 Å². The summed E-state index contributed by atoms with van der Waals surface area (Å²) < 4.78 is 31.9. The molecule has 1 amide bonds. The SMILES string of the molecule is CC[C@H]1OC(=O)[C@H](C)C(=O)[C@H](C)[C@@H](O[C@@H]2O[C@H](C)C[C@H](N(C)C)[C@H]2O)[C@](C)(OC)C[C@@H](C)C(=O)[C@H](C)[C@H]2N(CCCSc3nnc(C)s3)C(=O)O[C@]12C. The highest BCUT2D eigenvalue weighted by atomic mass is 32.2. The monoisotopic (exact) mass is 784 g/mol. The number of carbonyl (C=O) groups is 4. The number of ketones is 2. The van der Waals surface area contributed by atoms with Gasteiger partial charge >= 0.3 is 12.1 Å². The molecule has 0 unspecified atom stereocenters. The number of aliphatic hydroxyl groups excluding tert-OH is 1. The normalized spacial score (nSPS) is 39.1. The van der Waals surface area contributed by atoms with Gasteiger partial charge in [-0.3, -0.25) is 14.4 Å². The fourth-order valence-corrected chi connectivity index (χ4v) is 10.3. The van der Waals surface area contributed by atoms with E-state index in [-0.39, 0.29) is 30.8 Å². The molecule has 3 aliphatic rings. The van der Waals surface area contributed by atoms with Crippen LogP contribution in [0.25, 0.3) is 0 Å². The predicted octanol–water partition coefficient (Wildman–Crippen LogP) is 4.53. The summed E-state index contributed by atoms with van der Waals surface area (Å²) in [5, 5.41) is 20.5. The van der Waals surface area contributed by atoms with Crippen molar-refractivity contribution in [1.29, 1.82) is 0 Å². The number of ether oxygens (including phenoxy) is 5. The van der Waals surface area contributed by atoms with Crippen LogP contribution in [0.1, 0.15) is 86.1 Å². The highest BCUT2D eigenvalue weighted by Gasteiger charge is 2.60. The second kappa shape index (κ2) is 17.7. The number of Topliss-reactive ketones (excluding diaryl/α,β-unsaturated/α-hetero) is 2. The minimum absolute atomic E-state index is 0.136. The lowest BCUT2D eigenvalue weighted by Crippen LogP contribution is -2.60. The van der Waals surface area contributed by atoms with Crippen LogP contribution in [0.4, 0.5) is 4.79 Å². The van der Waals surface area contributed by atoms with Crippen molar-refractivity contribution in [2.24, 2.45) is 23.7 Å². The average molecular weight is 785 g/mol. The van der Waals surface area contributed by atoms with Crippen molar-refractivity contribution in [3.8, 4) is 0 Å². The number of hydrogen-bond acceptors (Lipinski definition) is 15. The summed E-state index contributed by atoms with van der Waals surface area (Å²) in [6, 6.07) is -1.05. The van der Waals surface area contributed by atoms with E-state index in [9.17, 15) is 24.3 Å². The van der Waals surface area contributed by atoms with Gasteiger partial charge in [-0.2, -0.15) is 0 Å². The van der Waals surface area contributed by atoms with Gasteiger partial charge in [-0.15, -0.1) is 10.2 Å². The Morgan fingerprint density at radius 3 is 2.32 bits per heavy atom. The van der Waals surface area contributed by atoms with Gasteiger partial charge in [0.15, 0.2) is 22.0 Å².